The predicted molar refractivity (Wildman–Crippen MR) is 81.0 cm³/mol. The van der Waals surface area contributed by atoms with Gasteiger partial charge in [0, 0.05) is 10.6 Å². The molecule has 2 unspecified atom stereocenters. The molecule has 3 rings (SSSR count). The van der Waals surface area contributed by atoms with Gasteiger partial charge >= 0.3 is 0 Å². The minimum atomic E-state index is 0.376. The van der Waals surface area contributed by atoms with Crippen molar-refractivity contribution in [1.29, 1.82) is 0 Å². The third kappa shape index (κ3) is 1.93. The zero-order valence-electron chi connectivity index (χ0n) is 10.1. The van der Waals surface area contributed by atoms with Gasteiger partial charge in [0.05, 0.1) is 11.3 Å². The molecule has 0 saturated carbocycles. The molecule has 0 aromatic heterocycles. The number of allylic oxidation sites excluding steroid dienone is 3. The number of thioether (sulfide) groups is 1. The van der Waals surface area contributed by atoms with Crippen molar-refractivity contribution in [3.8, 4) is 0 Å². The Balaban J connectivity index is 1.96. The van der Waals surface area contributed by atoms with E-state index in [1.165, 1.54) is 21.7 Å². The third-order valence-electron chi connectivity index (χ3n) is 3.27. The van der Waals surface area contributed by atoms with E-state index in [1.807, 2.05) is 23.9 Å². The average Bonchev–Trinajstić information content (AvgIpc) is 2.43. The first-order chi connectivity index (χ1) is 8.80. The van der Waals surface area contributed by atoms with Gasteiger partial charge in [0.2, 0.25) is 0 Å². The maximum atomic E-state index is 3.83. The van der Waals surface area contributed by atoms with Gasteiger partial charge in [-0.2, -0.15) is 0 Å². The highest BCUT2D eigenvalue weighted by Crippen LogP contribution is 2.41. The van der Waals surface area contributed by atoms with Crippen LogP contribution in [0.2, 0.25) is 0 Å². The molecule has 2 aliphatic rings. The highest BCUT2D eigenvalue weighted by Gasteiger charge is 2.27. The minimum absolute atomic E-state index is 0.376. The van der Waals surface area contributed by atoms with Gasteiger partial charge in [-0.25, -0.2) is 0 Å². The number of anilines is 1. The van der Waals surface area contributed by atoms with Crippen molar-refractivity contribution in [2.24, 2.45) is 0 Å². The summed E-state index contributed by atoms with van der Waals surface area (Å²) in [5, 5.41) is 4.01. The second-order valence-corrected chi connectivity index (χ2v) is 5.66. The summed E-state index contributed by atoms with van der Waals surface area (Å²) in [5.74, 6) is 0. The molecule has 0 bridgehead atoms. The number of rotatable bonds is 2. The number of hydrogen-bond donors (Lipinski definition) is 1. The molecule has 0 spiro atoms. The van der Waals surface area contributed by atoms with Gasteiger partial charge in [0.15, 0.2) is 0 Å². The summed E-state index contributed by atoms with van der Waals surface area (Å²) in [5.41, 5.74) is 3.58. The van der Waals surface area contributed by atoms with Crippen molar-refractivity contribution < 1.29 is 0 Å². The number of hydrogen-bond acceptors (Lipinski definition) is 2. The van der Waals surface area contributed by atoms with Gasteiger partial charge in [-0.1, -0.05) is 49.6 Å². The second kappa shape index (κ2) is 4.54. The minimum Gasteiger partial charge on any atom is -0.376 e. The van der Waals surface area contributed by atoms with Gasteiger partial charge in [0.1, 0.15) is 0 Å². The van der Waals surface area contributed by atoms with E-state index in [9.17, 15) is 0 Å². The quantitative estimate of drug-likeness (QED) is 0.845. The van der Waals surface area contributed by atoms with E-state index in [0.717, 1.165) is 0 Å². The molecule has 18 heavy (non-hydrogen) atoms. The van der Waals surface area contributed by atoms with E-state index in [0.29, 0.717) is 11.3 Å². The molecule has 1 aliphatic heterocycles. The standard InChI is InChI=1S/C16H15NS/c1-3-11-5-7-13-15(9-11)18-16-10-12(4-2)6-8-14(16)17-13/h3-10,13,15,17H,1-2H2. The lowest BCUT2D eigenvalue weighted by Gasteiger charge is -2.33. The molecule has 0 radical (unpaired) electrons. The highest BCUT2D eigenvalue weighted by molar-refractivity contribution is 8.00. The van der Waals surface area contributed by atoms with Crippen molar-refractivity contribution in [3.63, 3.8) is 0 Å². The zero-order chi connectivity index (χ0) is 12.5. The van der Waals surface area contributed by atoms with E-state index in [-0.39, 0.29) is 0 Å². The molecule has 1 aliphatic carbocycles. The van der Waals surface area contributed by atoms with Crippen LogP contribution in [0.3, 0.4) is 0 Å². The summed E-state index contributed by atoms with van der Waals surface area (Å²) in [4.78, 5) is 1.30. The second-order valence-electron chi connectivity index (χ2n) is 4.44. The maximum Gasteiger partial charge on any atom is 0.0605 e. The zero-order valence-corrected chi connectivity index (χ0v) is 10.9. The lowest BCUT2D eigenvalue weighted by atomic mass is 10.0. The molecule has 1 heterocycles. The van der Waals surface area contributed by atoms with E-state index < -0.39 is 0 Å². The molecule has 2 atom stereocenters. The van der Waals surface area contributed by atoms with Crippen LogP contribution in [0.1, 0.15) is 5.56 Å². The van der Waals surface area contributed by atoms with Gasteiger partial charge in [-0.05, 0) is 23.3 Å². The molecule has 0 saturated heterocycles. The predicted octanol–water partition coefficient (Wildman–Crippen LogP) is 4.27. The van der Waals surface area contributed by atoms with Crippen LogP contribution in [0.5, 0.6) is 0 Å². The van der Waals surface area contributed by atoms with Crippen LogP contribution < -0.4 is 5.32 Å². The summed E-state index contributed by atoms with van der Waals surface area (Å²) in [6.07, 6.45) is 10.4. The Morgan fingerprint density at radius 1 is 1.22 bits per heavy atom. The molecule has 1 aromatic rings. The third-order valence-corrected chi connectivity index (χ3v) is 4.56. The largest absolute Gasteiger partial charge is 0.376 e. The Kier molecular flexibility index (Phi) is 2.88. The van der Waals surface area contributed by atoms with Crippen molar-refractivity contribution >= 4 is 23.5 Å². The lowest BCUT2D eigenvalue weighted by Crippen LogP contribution is -2.33. The fourth-order valence-corrected chi connectivity index (χ4v) is 3.54. The smallest absolute Gasteiger partial charge is 0.0605 e. The average molecular weight is 253 g/mol. The van der Waals surface area contributed by atoms with Crippen molar-refractivity contribution in [3.05, 3.63) is 66.8 Å². The van der Waals surface area contributed by atoms with Gasteiger partial charge in [-0.15, -0.1) is 11.8 Å². The fraction of sp³-hybridized carbons (Fsp3) is 0.125. The van der Waals surface area contributed by atoms with E-state index in [4.69, 9.17) is 0 Å². The Labute approximate surface area is 112 Å². The van der Waals surface area contributed by atoms with Crippen LogP contribution in [-0.4, -0.2) is 11.3 Å². The Morgan fingerprint density at radius 3 is 2.89 bits per heavy atom. The lowest BCUT2D eigenvalue weighted by molar-refractivity contribution is 0.874. The summed E-state index contributed by atoms with van der Waals surface area (Å²) in [6.45, 7) is 7.65. The highest BCUT2D eigenvalue weighted by atomic mass is 32.2. The Hall–Kier alpha value is -1.67. The maximum absolute atomic E-state index is 3.83. The number of nitrogens with one attached hydrogen (secondary N) is 1. The number of benzene rings is 1. The monoisotopic (exact) mass is 253 g/mol. The molecule has 1 aromatic carbocycles. The van der Waals surface area contributed by atoms with E-state index >= 15 is 0 Å². The summed E-state index contributed by atoms with van der Waals surface area (Å²) in [6, 6.07) is 6.80. The summed E-state index contributed by atoms with van der Waals surface area (Å²) < 4.78 is 0. The SMILES string of the molecule is C=CC1=CC2Sc3cc(C=C)ccc3NC2C=C1. The first-order valence-electron chi connectivity index (χ1n) is 6.02. The van der Waals surface area contributed by atoms with Crippen LogP contribution in [0.15, 0.2) is 66.1 Å². The van der Waals surface area contributed by atoms with Gasteiger partial charge in [-0.3, -0.25) is 0 Å². The van der Waals surface area contributed by atoms with Crippen molar-refractivity contribution in [2.45, 2.75) is 16.2 Å². The normalized spacial score (nSPS) is 24.3. The molecule has 90 valence electrons. The van der Waals surface area contributed by atoms with Crippen molar-refractivity contribution in [2.75, 3.05) is 5.32 Å². The van der Waals surface area contributed by atoms with Gasteiger partial charge in [0.25, 0.3) is 0 Å². The summed E-state index contributed by atoms with van der Waals surface area (Å²) >= 11 is 1.90. The molecule has 0 fully saturated rings. The first kappa shape index (κ1) is 11.4. The molecule has 0 amide bonds. The molecule has 2 heteroatoms. The van der Waals surface area contributed by atoms with Crippen LogP contribution >= 0.6 is 11.8 Å². The van der Waals surface area contributed by atoms with Crippen LogP contribution in [0.25, 0.3) is 6.08 Å². The Bertz CT molecular complexity index is 568. The molecule has 1 nitrogen and oxygen atoms in total. The molecular weight excluding hydrogens is 238 g/mol. The summed E-state index contributed by atoms with van der Waals surface area (Å²) in [7, 11) is 0. The fourth-order valence-electron chi connectivity index (χ4n) is 2.26. The van der Waals surface area contributed by atoms with E-state index in [2.05, 4.69) is 54.9 Å². The van der Waals surface area contributed by atoms with Crippen LogP contribution in [0.4, 0.5) is 5.69 Å². The Morgan fingerprint density at radius 2 is 2.11 bits per heavy atom. The van der Waals surface area contributed by atoms with Crippen LogP contribution in [0, 0.1) is 0 Å². The van der Waals surface area contributed by atoms with Crippen LogP contribution in [-0.2, 0) is 0 Å². The molecular formula is C16H15NS. The van der Waals surface area contributed by atoms with E-state index in [1.54, 1.807) is 0 Å². The van der Waals surface area contributed by atoms with Gasteiger partial charge < -0.3 is 5.32 Å². The van der Waals surface area contributed by atoms with Crippen molar-refractivity contribution in [1.82, 2.24) is 0 Å². The first-order valence-corrected chi connectivity index (χ1v) is 6.90. The topological polar surface area (TPSA) is 12.0 Å². The number of fused-ring (bicyclic) bond motifs is 2. The molecule has 1 N–H and O–H groups in total.